The highest BCUT2D eigenvalue weighted by atomic mass is 79.9. The minimum absolute atomic E-state index is 0.0450. The third-order valence-electron chi connectivity index (χ3n) is 5.33. The van der Waals surface area contributed by atoms with Crippen LogP contribution in [0.4, 0.5) is 0 Å². The Bertz CT molecular complexity index is 1320. The fourth-order valence-electron chi connectivity index (χ4n) is 3.67. The van der Waals surface area contributed by atoms with Crippen LogP contribution in [-0.2, 0) is 9.53 Å². The number of ether oxygens (including phenoxy) is 4. The number of hydrogen-bond donors (Lipinski definition) is 0. The number of carbonyl (C=O) groups excluding carboxylic acids is 2. The van der Waals surface area contributed by atoms with E-state index in [2.05, 4.69) is 15.9 Å². The van der Waals surface area contributed by atoms with E-state index in [0.717, 1.165) is 0 Å². The number of cyclic esters (lactones) is 1. The van der Waals surface area contributed by atoms with E-state index in [-0.39, 0.29) is 11.3 Å². The van der Waals surface area contributed by atoms with Gasteiger partial charge in [-0.05, 0) is 57.9 Å². The zero-order valence-corrected chi connectivity index (χ0v) is 20.3. The van der Waals surface area contributed by atoms with E-state index in [4.69, 9.17) is 18.9 Å². The molecule has 1 aliphatic heterocycles. The van der Waals surface area contributed by atoms with Gasteiger partial charge >= 0.3 is 5.97 Å². The van der Waals surface area contributed by atoms with Crippen LogP contribution in [-0.4, -0.2) is 33.1 Å². The molecular weight excluding hydrogens is 500 g/mol. The number of benzene rings is 3. The lowest BCUT2D eigenvalue weighted by Gasteiger charge is -2.11. The van der Waals surface area contributed by atoms with Crippen LogP contribution in [0.5, 0.6) is 17.2 Å². The molecule has 1 heterocycles. The highest BCUT2D eigenvalue weighted by molar-refractivity contribution is 9.10. The van der Waals surface area contributed by atoms with Crippen LogP contribution in [0.1, 0.15) is 21.5 Å². The fourth-order valence-corrected chi connectivity index (χ4v) is 4.21. The Hall–Kier alpha value is -3.84. The molecule has 0 amide bonds. The number of methoxy groups -OCH3 is 3. The van der Waals surface area contributed by atoms with Gasteiger partial charge in [0.15, 0.2) is 0 Å². The van der Waals surface area contributed by atoms with Gasteiger partial charge in [-0.15, -0.1) is 0 Å². The molecule has 6 nitrogen and oxygen atoms in total. The predicted octanol–water partition coefficient (Wildman–Crippen LogP) is 5.71. The predicted molar refractivity (Wildman–Crippen MR) is 132 cm³/mol. The van der Waals surface area contributed by atoms with Crippen LogP contribution in [0.15, 0.2) is 82.5 Å². The number of rotatable bonds is 7. The van der Waals surface area contributed by atoms with E-state index < -0.39 is 11.8 Å². The van der Waals surface area contributed by atoms with Crippen molar-refractivity contribution in [3.63, 3.8) is 0 Å². The lowest BCUT2D eigenvalue weighted by molar-refractivity contribution is -0.132. The first-order chi connectivity index (χ1) is 16.5. The second kappa shape index (κ2) is 9.97. The van der Waals surface area contributed by atoms with Crippen LogP contribution in [0.2, 0.25) is 0 Å². The lowest BCUT2D eigenvalue weighted by atomic mass is 9.93. The van der Waals surface area contributed by atoms with Crippen molar-refractivity contribution in [1.29, 1.82) is 0 Å². The molecule has 7 heteroatoms. The molecule has 1 aliphatic rings. The van der Waals surface area contributed by atoms with Gasteiger partial charge in [0.1, 0.15) is 28.6 Å². The van der Waals surface area contributed by atoms with Crippen LogP contribution in [0.25, 0.3) is 11.6 Å². The van der Waals surface area contributed by atoms with E-state index in [1.54, 1.807) is 94.1 Å². The first-order valence-electron chi connectivity index (χ1n) is 10.3. The molecule has 3 aromatic rings. The number of esters is 1. The standard InChI is InChI=1S/C27H21BrO6/c1-31-19-10-12-21(32-2)18(13-19)15-23-24(17-9-11-22(33-3)20(28)14-17)25(27(30)34-23)26(29)16-7-5-4-6-8-16/h4-15H,1-3H3/b23-15-. The highest BCUT2D eigenvalue weighted by Crippen LogP contribution is 2.40. The molecule has 3 aromatic carbocycles. The number of hydrogen-bond acceptors (Lipinski definition) is 6. The Morgan fingerprint density at radius 1 is 0.882 bits per heavy atom. The summed E-state index contributed by atoms with van der Waals surface area (Å²) >= 11 is 3.49. The lowest BCUT2D eigenvalue weighted by Crippen LogP contribution is -2.11. The molecule has 4 rings (SSSR count). The van der Waals surface area contributed by atoms with Crippen molar-refractivity contribution in [2.75, 3.05) is 21.3 Å². The smallest absolute Gasteiger partial charge is 0.348 e. The van der Waals surface area contributed by atoms with Crippen LogP contribution < -0.4 is 14.2 Å². The first-order valence-corrected chi connectivity index (χ1v) is 11.1. The molecule has 0 fully saturated rings. The summed E-state index contributed by atoms with van der Waals surface area (Å²) in [6, 6.07) is 19.2. The van der Waals surface area contributed by atoms with Gasteiger partial charge in [0.25, 0.3) is 0 Å². The van der Waals surface area contributed by atoms with E-state index >= 15 is 0 Å². The molecule has 0 radical (unpaired) electrons. The normalized spacial score (nSPS) is 14.2. The summed E-state index contributed by atoms with van der Waals surface area (Å²) in [7, 11) is 4.67. The summed E-state index contributed by atoms with van der Waals surface area (Å²) in [5.74, 6) is 0.869. The van der Waals surface area contributed by atoms with Crippen LogP contribution in [0, 0.1) is 0 Å². The quantitative estimate of drug-likeness (QED) is 0.226. The van der Waals surface area contributed by atoms with Gasteiger partial charge in [-0.25, -0.2) is 4.79 Å². The Kier molecular flexibility index (Phi) is 6.84. The van der Waals surface area contributed by atoms with E-state index in [1.165, 1.54) is 0 Å². The van der Waals surface area contributed by atoms with Crippen molar-refractivity contribution >= 4 is 39.3 Å². The third-order valence-corrected chi connectivity index (χ3v) is 5.95. The second-order valence-electron chi connectivity index (χ2n) is 7.30. The second-order valence-corrected chi connectivity index (χ2v) is 8.15. The van der Waals surface area contributed by atoms with E-state index in [0.29, 0.717) is 44.0 Å². The molecule has 0 N–H and O–H groups in total. The maximum Gasteiger partial charge on any atom is 0.348 e. The van der Waals surface area contributed by atoms with Crippen molar-refractivity contribution in [3.8, 4) is 17.2 Å². The molecule has 0 unspecified atom stereocenters. The molecule has 172 valence electrons. The van der Waals surface area contributed by atoms with Crippen molar-refractivity contribution < 1.29 is 28.5 Å². The number of carbonyl (C=O) groups is 2. The number of halogens is 1. The molecule has 0 atom stereocenters. The largest absolute Gasteiger partial charge is 0.497 e. The number of allylic oxidation sites excluding steroid dienone is 1. The van der Waals surface area contributed by atoms with Gasteiger partial charge in [-0.2, -0.15) is 0 Å². The minimum atomic E-state index is -0.719. The third kappa shape index (κ3) is 4.47. The molecular formula is C27H21BrO6. The Morgan fingerprint density at radius 3 is 2.24 bits per heavy atom. The van der Waals surface area contributed by atoms with Crippen LogP contribution >= 0.6 is 15.9 Å². The molecule has 0 saturated heterocycles. The maximum absolute atomic E-state index is 13.4. The summed E-state index contributed by atoms with van der Waals surface area (Å²) in [5.41, 5.74) is 1.97. The topological polar surface area (TPSA) is 71.1 Å². The van der Waals surface area contributed by atoms with Gasteiger partial charge in [0.05, 0.1) is 25.8 Å². The van der Waals surface area contributed by atoms with Crippen molar-refractivity contribution in [3.05, 3.63) is 99.2 Å². The monoisotopic (exact) mass is 520 g/mol. The molecule has 0 aliphatic carbocycles. The summed E-state index contributed by atoms with van der Waals surface area (Å²) in [4.78, 5) is 26.4. The fraction of sp³-hybridized carbons (Fsp3) is 0.111. The molecule has 0 spiro atoms. The highest BCUT2D eigenvalue weighted by Gasteiger charge is 2.36. The Labute approximate surface area is 205 Å². The van der Waals surface area contributed by atoms with Crippen molar-refractivity contribution in [1.82, 2.24) is 0 Å². The SMILES string of the molecule is COc1ccc(OC)c(/C=C2\OC(=O)C(C(=O)c3ccccc3)=C2c2ccc(OC)c(Br)c2)c1. The summed E-state index contributed by atoms with van der Waals surface area (Å²) in [5, 5.41) is 0. The minimum Gasteiger partial charge on any atom is -0.497 e. The number of Topliss-reactive ketones (excluding diaryl/α,β-unsaturated/α-hetero) is 1. The zero-order valence-electron chi connectivity index (χ0n) is 18.8. The van der Waals surface area contributed by atoms with Gasteiger partial charge < -0.3 is 18.9 Å². The van der Waals surface area contributed by atoms with Gasteiger partial charge in [-0.1, -0.05) is 36.4 Å². The maximum atomic E-state index is 13.4. The van der Waals surface area contributed by atoms with Gasteiger partial charge in [0.2, 0.25) is 5.78 Å². The number of ketones is 1. The average Bonchev–Trinajstić information content (AvgIpc) is 3.19. The molecule has 0 bridgehead atoms. The first kappa shape index (κ1) is 23.3. The van der Waals surface area contributed by atoms with Gasteiger partial charge in [0, 0.05) is 16.7 Å². The average molecular weight is 521 g/mol. The summed E-state index contributed by atoms with van der Waals surface area (Å²) < 4.78 is 22.4. The molecule has 0 saturated carbocycles. The van der Waals surface area contributed by atoms with E-state index in [9.17, 15) is 9.59 Å². The van der Waals surface area contributed by atoms with Gasteiger partial charge in [-0.3, -0.25) is 4.79 Å². The summed E-state index contributed by atoms with van der Waals surface area (Å²) in [6.45, 7) is 0. The Morgan fingerprint density at radius 2 is 1.59 bits per heavy atom. The molecule has 0 aromatic heterocycles. The van der Waals surface area contributed by atoms with E-state index in [1.807, 2.05) is 0 Å². The van der Waals surface area contributed by atoms with Crippen LogP contribution in [0.3, 0.4) is 0 Å². The summed E-state index contributed by atoms with van der Waals surface area (Å²) in [6.07, 6.45) is 1.66. The zero-order chi connectivity index (χ0) is 24.2. The van der Waals surface area contributed by atoms with Crippen molar-refractivity contribution in [2.45, 2.75) is 0 Å². The Balaban J connectivity index is 1.95. The molecule has 34 heavy (non-hydrogen) atoms. The van der Waals surface area contributed by atoms with Crippen molar-refractivity contribution in [2.24, 2.45) is 0 Å².